The molecule has 1 aromatic heterocycles. The Morgan fingerprint density at radius 1 is 1.10 bits per heavy atom. The molecule has 0 saturated carbocycles. The van der Waals surface area contributed by atoms with Gasteiger partial charge in [-0.05, 0) is 36.4 Å². The third-order valence-corrected chi connectivity index (χ3v) is 2.85. The molecule has 1 heterocycles. The molecule has 1 aromatic carbocycles. The molecule has 0 N–H and O–H groups in total. The highest BCUT2D eigenvalue weighted by molar-refractivity contribution is 6.29. The van der Waals surface area contributed by atoms with Gasteiger partial charge in [0.1, 0.15) is 5.15 Å². The van der Waals surface area contributed by atoms with Gasteiger partial charge in [0.25, 0.3) is 0 Å². The third kappa shape index (κ3) is 4.16. The summed E-state index contributed by atoms with van der Waals surface area (Å²) in [5.41, 5.74) is -0.136. The lowest BCUT2D eigenvalue weighted by molar-refractivity contribution is -0.137. The quantitative estimate of drug-likeness (QED) is 0.469. The third-order valence-electron chi connectivity index (χ3n) is 2.64. The lowest BCUT2D eigenvalue weighted by atomic mass is 10.1. The van der Waals surface area contributed by atoms with Crippen LogP contribution in [0.4, 0.5) is 13.2 Å². The summed E-state index contributed by atoms with van der Waals surface area (Å²) in [5.74, 6) is -0.412. The van der Waals surface area contributed by atoms with Gasteiger partial charge >= 0.3 is 6.18 Å². The van der Waals surface area contributed by atoms with Crippen LogP contribution >= 0.6 is 11.6 Å². The predicted octanol–water partition coefficient (Wildman–Crippen LogP) is 4.65. The molecule has 0 aliphatic heterocycles. The summed E-state index contributed by atoms with van der Waals surface area (Å²) in [6.07, 6.45) is -1.73. The van der Waals surface area contributed by atoms with Gasteiger partial charge in [-0.2, -0.15) is 13.2 Å². The summed E-state index contributed by atoms with van der Waals surface area (Å²) >= 11 is 5.70. The number of halogens is 4. The Hall–Kier alpha value is -2.14. The minimum absolute atomic E-state index is 0.168. The summed E-state index contributed by atoms with van der Waals surface area (Å²) in [6.45, 7) is 0. The highest BCUT2D eigenvalue weighted by Crippen LogP contribution is 2.29. The molecule has 2 aromatic rings. The van der Waals surface area contributed by atoms with Gasteiger partial charge in [0.15, 0.2) is 5.78 Å². The number of hydrogen-bond acceptors (Lipinski definition) is 2. The van der Waals surface area contributed by atoms with Crippen molar-refractivity contribution >= 4 is 23.5 Å². The monoisotopic (exact) mass is 311 g/mol. The van der Waals surface area contributed by atoms with Crippen LogP contribution in [0.1, 0.15) is 21.6 Å². The van der Waals surface area contributed by atoms with E-state index in [4.69, 9.17) is 11.6 Å². The van der Waals surface area contributed by atoms with Crippen molar-refractivity contribution in [1.82, 2.24) is 4.98 Å². The molecule has 0 radical (unpaired) electrons. The number of nitrogens with zero attached hydrogens (tertiary/aromatic N) is 1. The van der Waals surface area contributed by atoms with Crippen LogP contribution in [0.3, 0.4) is 0 Å². The smallest absolute Gasteiger partial charge is 0.289 e. The fraction of sp³-hybridized carbons (Fsp3) is 0.0667. The largest absolute Gasteiger partial charge is 0.416 e. The molecule has 21 heavy (non-hydrogen) atoms. The number of rotatable bonds is 3. The molecule has 0 aliphatic rings. The lowest BCUT2D eigenvalue weighted by Crippen LogP contribution is -2.05. The number of hydrogen-bond donors (Lipinski definition) is 0. The Morgan fingerprint density at radius 3 is 2.33 bits per heavy atom. The number of pyridine rings is 1. The van der Waals surface area contributed by atoms with E-state index in [0.717, 1.165) is 24.3 Å². The van der Waals surface area contributed by atoms with Gasteiger partial charge in [0, 0.05) is 5.56 Å². The number of benzene rings is 1. The van der Waals surface area contributed by atoms with Gasteiger partial charge in [-0.25, -0.2) is 4.98 Å². The van der Waals surface area contributed by atoms with E-state index in [0.29, 0.717) is 10.8 Å². The maximum absolute atomic E-state index is 12.4. The van der Waals surface area contributed by atoms with Crippen molar-refractivity contribution in [3.05, 3.63) is 70.5 Å². The van der Waals surface area contributed by atoms with Crippen LogP contribution in [-0.2, 0) is 6.18 Å². The normalized spacial score (nSPS) is 11.8. The summed E-state index contributed by atoms with van der Waals surface area (Å²) in [6, 6.07) is 8.95. The van der Waals surface area contributed by atoms with Gasteiger partial charge in [0.05, 0.1) is 11.3 Å². The number of alkyl halides is 3. The maximum atomic E-state index is 12.4. The second-order valence-corrected chi connectivity index (χ2v) is 4.55. The summed E-state index contributed by atoms with van der Waals surface area (Å²) in [5, 5.41) is 0.291. The Morgan fingerprint density at radius 2 is 1.76 bits per heavy atom. The van der Waals surface area contributed by atoms with Crippen LogP contribution in [0, 0.1) is 0 Å². The molecule has 108 valence electrons. The molecule has 0 aliphatic carbocycles. The Kier molecular flexibility index (Phi) is 4.43. The summed E-state index contributed by atoms with van der Waals surface area (Å²) in [7, 11) is 0. The summed E-state index contributed by atoms with van der Waals surface area (Å²) in [4.78, 5) is 15.8. The standard InChI is InChI=1S/C15H9ClF3NO/c16-14-3-1-2-12(20-14)8-9-13(21)10-4-6-11(7-5-10)15(17,18)19/h1-9H/b9-8+. The molecular formula is C15H9ClF3NO. The van der Waals surface area contributed by atoms with Gasteiger partial charge in [-0.15, -0.1) is 0 Å². The zero-order valence-corrected chi connectivity index (χ0v) is 11.3. The van der Waals surface area contributed by atoms with Crippen molar-refractivity contribution in [2.75, 3.05) is 0 Å². The minimum Gasteiger partial charge on any atom is -0.289 e. The SMILES string of the molecule is O=C(/C=C/c1cccc(Cl)n1)c1ccc(C(F)(F)F)cc1. The van der Waals surface area contributed by atoms with Crippen molar-refractivity contribution in [3.8, 4) is 0 Å². The summed E-state index contributed by atoms with van der Waals surface area (Å²) < 4.78 is 37.2. The number of ketones is 1. The fourth-order valence-electron chi connectivity index (χ4n) is 1.60. The minimum atomic E-state index is -4.41. The van der Waals surface area contributed by atoms with Crippen LogP contribution in [0.5, 0.6) is 0 Å². The van der Waals surface area contributed by atoms with Gasteiger partial charge in [0.2, 0.25) is 0 Å². The van der Waals surface area contributed by atoms with Crippen molar-refractivity contribution in [2.24, 2.45) is 0 Å². The first-order valence-electron chi connectivity index (χ1n) is 5.88. The van der Waals surface area contributed by atoms with E-state index >= 15 is 0 Å². The van der Waals surface area contributed by atoms with Gasteiger partial charge in [-0.3, -0.25) is 4.79 Å². The molecule has 2 rings (SSSR count). The number of allylic oxidation sites excluding steroid dienone is 1. The highest BCUT2D eigenvalue weighted by atomic mass is 35.5. The molecule has 0 fully saturated rings. The Bertz CT molecular complexity index is 678. The number of carbonyl (C=O) groups excluding carboxylic acids is 1. The van der Waals surface area contributed by atoms with E-state index in [1.54, 1.807) is 18.2 Å². The molecule has 2 nitrogen and oxygen atoms in total. The maximum Gasteiger partial charge on any atom is 0.416 e. The molecule has 0 unspecified atom stereocenters. The molecule has 6 heteroatoms. The second-order valence-electron chi connectivity index (χ2n) is 4.16. The van der Waals surface area contributed by atoms with Gasteiger partial charge < -0.3 is 0 Å². The zero-order chi connectivity index (χ0) is 15.5. The average molecular weight is 312 g/mol. The van der Waals surface area contributed by atoms with Crippen molar-refractivity contribution in [2.45, 2.75) is 6.18 Å². The van der Waals surface area contributed by atoms with Crippen LogP contribution < -0.4 is 0 Å². The number of aromatic nitrogens is 1. The molecule has 0 spiro atoms. The van der Waals surface area contributed by atoms with Gasteiger partial charge in [-0.1, -0.05) is 29.8 Å². The second kappa shape index (κ2) is 6.10. The van der Waals surface area contributed by atoms with E-state index in [9.17, 15) is 18.0 Å². The zero-order valence-electron chi connectivity index (χ0n) is 10.6. The van der Waals surface area contributed by atoms with Crippen molar-refractivity contribution in [1.29, 1.82) is 0 Å². The van der Waals surface area contributed by atoms with E-state index in [2.05, 4.69) is 4.98 Å². The van der Waals surface area contributed by atoms with Crippen LogP contribution in [0.15, 0.2) is 48.5 Å². The van der Waals surface area contributed by atoms with E-state index in [-0.39, 0.29) is 5.56 Å². The van der Waals surface area contributed by atoms with Crippen LogP contribution in [0.25, 0.3) is 6.08 Å². The predicted molar refractivity (Wildman–Crippen MR) is 74.1 cm³/mol. The van der Waals surface area contributed by atoms with E-state index in [1.807, 2.05) is 0 Å². The van der Waals surface area contributed by atoms with E-state index in [1.165, 1.54) is 12.2 Å². The van der Waals surface area contributed by atoms with Crippen molar-refractivity contribution < 1.29 is 18.0 Å². The molecular weight excluding hydrogens is 303 g/mol. The molecule has 0 bridgehead atoms. The average Bonchev–Trinajstić information content (AvgIpc) is 2.44. The lowest BCUT2D eigenvalue weighted by Gasteiger charge is -2.06. The fourth-order valence-corrected chi connectivity index (χ4v) is 1.77. The first-order chi connectivity index (χ1) is 9.86. The Labute approximate surface area is 123 Å². The Balaban J connectivity index is 2.14. The molecule has 0 saturated heterocycles. The molecule has 0 atom stereocenters. The highest BCUT2D eigenvalue weighted by Gasteiger charge is 2.30. The van der Waals surface area contributed by atoms with Crippen LogP contribution in [-0.4, -0.2) is 10.8 Å². The first-order valence-corrected chi connectivity index (χ1v) is 6.26. The molecule has 0 amide bonds. The number of carbonyl (C=O) groups is 1. The van der Waals surface area contributed by atoms with Crippen molar-refractivity contribution in [3.63, 3.8) is 0 Å². The topological polar surface area (TPSA) is 30.0 Å². The first kappa shape index (κ1) is 15.3. The van der Waals surface area contributed by atoms with E-state index < -0.39 is 17.5 Å². The van der Waals surface area contributed by atoms with Crippen LogP contribution in [0.2, 0.25) is 5.15 Å².